The van der Waals surface area contributed by atoms with Gasteiger partial charge in [0.2, 0.25) is 0 Å². The zero-order valence-electron chi connectivity index (χ0n) is 11.6. The summed E-state index contributed by atoms with van der Waals surface area (Å²) in [5, 5.41) is 6.48. The zero-order valence-corrected chi connectivity index (χ0v) is 13.2. The van der Waals surface area contributed by atoms with Crippen LogP contribution in [-0.2, 0) is 0 Å². The van der Waals surface area contributed by atoms with E-state index in [-0.39, 0.29) is 11.8 Å². The summed E-state index contributed by atoms with van der Waals surface area (Å²) in [5.41, 5.74) is 0.348. The van der Waals surface area contributed by atoms with E-state index in [1.807, 2.05) is 6.92 Å². The zero-order chi connectivity index (χ0) is 15.5. The molecule has 1 fully saturated rings. The Morgan fingerprint density at radius 2 is 2.24 bits per heavy atom. The Kier molecular flexibility index (Phi) is 5.37. The van der Waals surface area contributed by atoms with Gasteiger partial charge in [0.05, 0.1) is 5.69 Å². The van der Waals surface area contributed by atoms with E-state index in [4.69, 9.17) is 0 Å². The molecule has 0 aromatic heterocycles. The third kappa shape index (κ3) is 5.39. The minimum Gasteiger partial charge on any atom is -0.404 e. The van der Waals surface area contributed by atoms with Gasteiger partial charge in [-0.05, 0) is 50.9 Å². The van der Waals surface area contributed by atoms with E-state index in [1.165, 1.54) is 6.07 Å². The Labute approximate surface area is 130 Å². The molecule has 0 spiro atoms. The first-order valence-electron chi connectivity index (χ1n) is 6.89. The third-order valence-corrected chi connectivity index (χ3v) is 3.86. The quantitative estimate of drug-likeness (QED) is 0.815. The van der Waals surface area contributed by atoms with E-state index in [0.717, 1.165) is 25.8 Å². The van der Waals surface area contributed by atoms with Gasteiger partial charge in [-0.2, -0.15) is 0 Å². The minimum absolute atomic E-state index is 0.0531. The van der Waals surface area contributed by atoms with Crippen molar-refractivity contribution >= 4 is 21.6 Å². The van der Waals surface area contributed by atoms with Crippen LogP contribution >= 0.6 is 15.9 Å². The van der Waals surface area contributed by atoms with E-state index >= 15 is 0 Å². The van der Waals surface area contributed by atoms with Crippen LogP contribution in [0.3, 0.4) is 0 Å². The van der Waals surface area contributed by atoms with Crippen LogP contribution in [0.5, 0.6) is 5.75 Å². The van der Waals surface area contributed by atoms with E-state index < -0.39 is 6.36 Å². The summed E-state index contributed by atoms with van der Waals surface area (Å²) < 4.78 is 41.9. The Balaban J connectivity index is 2.03. The molecule has 118 valence electrons. The molecule has 0 saturated carbocycles. The number of benzene rings is 1. The first-order chi connectivity index (χ1) is 9.83. The molecule has 3 nitrogen and oxygen atoms in total. The molecule has 2 N–H and O–H groups in total. The van der Waals surface area contributed by atoms with Crippen LogP contribution in [0.25, 0.3) is 0 Å². The number of nitrogens with one attached hydrogen (secondary N) is 2. The van der Waals surface area contributed by atoms with Crippen LogP contribution in [0.1, 0.15) is 26.2 Å². The summed E-state index contributed by atoms with van der Waals surface area (Å²) in [5.74, 6) is -0.219. The second-order valence-corrected chi connectivity index (χ2v) is 6.18. The van der Waals surface area contributed by atoms with Crippen LogP contribution < -0.4 is 15.4 Å². The average molecular weight is 367 g/mol. The van der Waals surface area contributed by atoms with Crippen molar-refractivity contribution in [3.8, 4) is 5.75 Å². The van der Waals surface area contributed by atoms with E-state index in [0.29, 0.717) is 16.2 Å². The molecule has 7 heteroatoms. The van der Waals surface area contributed by atoms with Crippen LogP contribution in [0.4, 0.5) is 18.9 Å². The summed E-state index contributed by atoms with van der Waals surface area (Å²) in [4.78, 5) is 0. The van der Waals surface area contributed by atoms with Crippen molar-refractivity contribution in [2.75, 3.05) is 11.9 Å². The lowest BCUT2D eigenvalue weighted by Crippen LogP contribution is -2.29. The molecule has 1 aliphatic rings. The Bertz CT molecular complexity index is 476. The highest BCUT2D eigenvalue weighted by Gasteiger charge is 2.32. The van der Waals surface area contributed by atoms with Crippen molar-refractivity contribution < 1.29 is 17.9 Å². The van der Waals surface area contributed by atoms with Crippen LogP contribution in [0, 0.1) is 0 Å². The van der Waals surface area contributed by atoms with Crippen molar-refractivity contribution in [2.45, 2.75) is 44.6 Å². The second kappa shape index (κ2) is 6.87. The first-order valence-corrected chi connectivity index (χ1v) is 7.68. The Morgan fingerprint density at radius 3 is 2.86 bits per heavy atom. The molecular formula is C14H18BrF3N2O. The fraction of sp³-hybridized carbons (Fsp3) is 0.571. The SMILES string of the molecule is CC(CC1CCCN1)Nc1ccc(Br)cc1OC(F)(F)F. The number of hydrogen-bond donors (Lipinski definition) is 2. The highest BCUT2D eigenvalue weighted by molar-refractivity contribution is 9.10. The second-order valence-electron chi connectivity index (χ2n) is 5.26. The number of ether oxygens (including phenoxy) is 1. The van der Waals surface area contributed by atoms with Gasteiger partial charge in [0.25, 0.3) is 0 Å². The van der Waals surface area contributed by atoms with Gasteiger partial charge < -0.3 is 15.4 Å². The fourth-order valence-electron chi connectivity index (χ4n) is 2.53. The molecule has 0 bridgehead atoms. The smallest absolute Gasteiger partial charge is 0.404 e. The van der Waals surface area contributed by atoms with Crippen molar-refractivity contribution in [3.63, 3.8) is 0 Å². The minimum atomic E-state index is -4.70. The summed E-state index contributed by atoms with van der Waals surface area (Å²) in [6, 6.07) is 5.07. The van der Waals surface area contributed by atoms with Gasteiger partial charge in [0.1, 0.15) is 0 Å². The lowest BCUT2D eigenvalue weighted by atomic mass is 10.1. The van der Waals surface area contributed by atoms with E-state index in [1.54, 1.807) is 12.1 Å². The van der Waals surface area contributed by atoms with Crippen molar-refractivity contribution in [3.05, 3.63) is 22.7 Å². The highest BCUT2D eigenvalue weighted by Crippen LogP contribution is 2.33. The van der Waals surface area contributed by atoms with Gasteiger partial charge in [-0.3, -0.25) is 0 Å². The van der Waals surface area contributed by atoms with Crippen molar-refractivity contribution in [1.82, 2.24) is 5.32 Å². The van der Waals surface area contributed by atoms with E-state index in [2.05, 4.69) is 31.3 Å². The van der Waals surface area contributed by atoms with Gasteiger partial charge in [-0.15, -0.1) is 13.2 Å². The van der Waals surface area contributed by atoms with Gasteiger partial charge in [-0.25, -0.2) is 0 Å². The maximum Gasteiger partial charge on any atom is 0.573 e. The van der Waals surface area contributed by atoms with Crippen LogP contribution in [0.15, 0.2) is 22.7 Å². The molecule has 2 atom stereocenters. The lowest BCUT2D eigenvalue weighted by Gasteiger charge is -2.21. The van der Waals surface area contributed by atoms with Gasteiger partial charge in [0, 0.05) is 16.6 Å². The summed E-state index contributed by atoms with van der Waals surface area (Å²) >= 11 is 3.16. The first kappa shape index (κ1) is 16.4. The summed E-state index contributed by atoms with van der Waals surface area (Å²) in [6.45, 7) is 2.97. The van der Waals surface area contributed by atoms with Crippen LogP contribution in [0.2, 0.25) is 0 Å². The molecule has 2 unspecified atom stereocenters. The number of hydrogen-bond acceptors (Lipinski definition) is 3. The van der Waals surface area contributed by atoms with Gasteiger partial charge in [0.15, 0.2) is 5.75 Å². The van der Waals surface area contributed by atoms with Crippen LogP contribution in [-0.4, -0.2) is 25.0 Å². The molecule has 1 aromatic carbocycles. The fourth-order valence-corrected chi connectivity index (χ4v) is 2.87. The number of halogens is 4. The van der Waals surface area contributed by atoms with Gasteiger partial charge >= 0.3 is 6.36 Å². The maximum atomic E-state index is 12.4. The lowest BCUT2D eigenvalue weighted by molar-refractivity contribution is -0.274. The van der Waals surface area contributed by atoms with Crippen molar-refractivity contribution in [1.29, 1.82) is 0 Å². The molecule has 1 aromatic rings. The summed E-state index contributed by atoms with van der Waals surface area (Å²) in [7, 11) is 0. The molecule has 1 heterocycles. The Morgan fingerprint density at radius 1 is 1.48 bits per heavy atom. The molecule has 0 amide bonds. The van der Waals surface area contributed by atoms with Crippen molar-refractivity contribution in [2.24, 2.45) is 0 Å². The number of anilines is 1. The summed E-state index contributed by atoms with van der Waals surface area (Å²) in [6.07, 6.45) is -1.58. The largest absolute Gasteiger partial charge is 0.573 e. The Hall–Kier alpha value is -0.950. The highest BCUT2D eigenvalue weighted by atomic mass is 79.9. The molecule has 0 radical (unpaired) electrons. The normalized spacial score (nSPS) is 20.3. The predicted octanol–water partition coefficient (Wildman–Crippen LogP) is 4.29. The molecule has 1 saturated heterocycles. The molecule has 0 aliphatic carbocycles. The average Bonchev–Trinajstić information content (AvgIpc) is 2.83. The number of alkyl halides is 3. The molecular weight excluding hydrogens is 349 g/mol. The molecule has 21 heavy (non-hydrogen) atoms. The van der Waals surface area contributed by atoms with Gasteiger partial charge in [-0.1, -0.05) is 15.9 Å². The standard InChI is InChI=1S/C14H18BrF3N2O/c1-9(7-11-3-2-6-19-11)20-12-5-4-10(15)8-13(12)21-14(16,17)18/h4-5,8-9,11,19-20H,2-3,6-7H2,1H3. The maximum absolute atomic E-state index is 12.4. The molecule has 1 aliphatic heterocycles. The molecule has 2 rings (SSSR count). The predicted molar refractivity (Wildman–Crippen MR) is 79.6 cm³/mol. The third-order valence-electron chi connectivity index (χ3n) is 3.37. The monoisotopic (exact) mass is 366 g/mol. The number of rotatable bonds is 5. The van der Waals surface area contributed by atoms with E-state index in [9.17, 15) is 13.2 Å². The topological polar surface area (TPSA) is 33.3 Å².